The van der Waals surface area contributed by atoms with E-state index in [0.29, 0.717) is 51.9 Å². The zero-order valence-electron chi connectivity index (χ0n) is 15.8. The van der Waals surface area contributed by atoms with Gasteiger partial charge in [0, 0.05) is 19.6 Å². The average molecular weight is 331 g/mol. The van der Waals surface area contributed by atoms with E-state index in [1.165, 1.54) is 0 Å². The van der Waals surface area contributed by atoms with Crippen molar-refractivity contribution in [3.05, 3.63) is 0 Å². The Morgan fingerprint density at radius 2 is 1.43 bits per heavy atom. The molecule has 5 nitrogen and oxygen atoms in total. The summed E-state index contributed by atoms with van der Waals surface area (Å²) in [6, 6.07) is 0. The van der Waals surface area contributed by atoms with Crippen LogP contribution in [0.5, 0.6) is 0 Å². The molecule has 0 radical (unpaired) electrons. The molecule has 0 aromatic heterocycles. The molecule has 5 heteroatoms. The summed E-state index contributed by atoms with van der Waals surface area (Å²) in [5.74, 6) is 0.775. The predicted octanol–water partition coefficient (Wildman–Crippen LogP) is 3.02. The fourth-order valence-electron chi connectivity index (χ4n) is 1.70. The third-order valence-electron chi connectivity index (χ3n) is 3.25. The van der Waals surface area contributed by atoms with Crippen molar-refractivity contribution in [3.63, 3.8) is 0 Å². The van der Waals surface area contributed by atoms with Crippen molar-refractivity contribution < 1.29 is 19.0 Å². The summed E-state index contributed by atoms with van der Waals surface area (Å²) in [6.45, 7) is 15.0. The highest BCUT2D eigenvalue weighted by Gasteiger charge is 2.12. The molecule has 0 aliphatic rings. The third-order valence-corrected chi connectivity index (χ3v) is 3.25. The lowest BCUT2D eigenvalue weighted by molar-refractivity contribution is -0.121. The van der Waals surface area contributed by atoms with E-state index in [1.54, 1.807) is 0 Å². The van der Waals surface area contributed by atoms with Gasteiger partial charge in [0.2, 0.25) is 5.91 Å². The molecule has 1 N–H and O–H groups in total. The maximum absolute atomic E-state index is 11.6. The second kappa shape index (κ2) is 13.8. The lowest BCUT2D eigenvalue weighted by Crippen LogP contribution is -2.28. The van der Waals surface area contributed by atoms with Crippen LogP contribution in [-0.2, 0) is 19.0 Å². The maximum atomic E-state index is 11.6. The molecular weight excluding hydrogens is 294 g/mol. The van der Waals surface area contributed by atoms with Gasteiger partial charge in [-0.25, -0.2) is 0 Å². The monoisotopic (exact) mass is 331 g/mol. The second-order valence-corrected chi connectivity index (χ2v) is 7.43. The minimum absolute atomic E-state index is 0.0957. The van der Waals surface area contributed by atoms with Gasteiger partial charge in [-0.05, 0) is 24.2 Å². The molecule has 0 saturated carbocycles. The summed E-state index contributed by atoms with van der Waals surface area (Å²) in [5.41, 5.74) is 0.198. The van der Waals surface area contributed by atoms with Gasteiger partial charge in [0.1, 0.15) is 0 Å². The van der Waals surface area contributed by atoms with Crippen molar-refractivity contribution >= 4 is 5.91 Å². The Hall–Kier alpha value is -0.650. The molecule has 138 valence electrons. The topological polar surface area (TPSA) is 56.8 Å². The summed E-state index contributed by atoms with van der Waals surface area (Å²) in [5, 5.41) is 2.86. The Balaban J connectivity index is 3.20. The highest BCUT2D eigenvalue weighted by molar-refractivity contribution is 5.75. The Morgan fingerprint density at radius 3 is 1.96 bits per heavy atom. The molecular formula is C18H37NO4. The Morgan fingerprint density at radius 1 is 0.913 bits per heavy atom. The molecule has 0 fully saturated rings. The second-order valence-electron chi connectivity index (χ2n) is 7.43. The summed E-state index contributed by atoms with van der Waals surface area (Å²) in [4.78, 5) is 11.6. The Kier molecular flexibility index (Phi) is 13.4. The molecule has 0 aromatic carbocycles. The molecule has 1 amide bonds. The average Bonchev–Trinajstić information content (AvgIpc) is 2.45. The Bertz CT molecular complexity index is 287. The number of hydrogen-bond acceptors (Lipinski definition) is 4. The van der Waals surface area contributed by atoms with Crippen LogP contribution in [0.4, 0.5) is 0 Å². The van der Waals surface area contributed by atoms with Crippen LogP contribution < -0.4 is 5.32 Å². The molecule has 0 bridgehead atoms. The van der Waals surface area contributed by atoms with E-state index in [0.717, 1.165) is 19.4 Å². The van der Waals surface area contributed by atoms with Crippen LogP contribution in [0.25, 0.3) is 0 Å². The first-order valence-electron chi connectivity index (χ1n) is 8.81. The summed E-state index contributed by atoms with van der Waals surface area (Å²) >= 11 is 0. The van der Waals surface area contributed by atoms with Gasteiger partial charge in [0.15, 0.2) is 0 Å². The molecule has 0 heterocycles. The number of nitrogens with one attached hydrogen (secondary N) is 1. The van der Waals surface area contributed by atoms with Crippen LogP contribution in [-0.4, -0.2) is 52.1 Å². The van der Waals surface area contributed by atoms with Crippen molar-refractivity contribution in [1.29, 1.82) is 0 Å². The van der Waals surface area contributed by atoms with Crippen LogP contribution in [0.1, 0.15) is 53.9 Å². The molecule has 0 saturated heterocycles. The summed E-state index contributed by atoms with van der Waals surface area (Å²) < 4.78 is 16.3. The van der Waals surface area contributed by atoms with Gasteiger partial charge in [-0.2, -0.15) is 0 Å². The molecule has 0 unspecified atom stereocenters. The zero-order chi connectivity index (χ0) is 17.6. The molecule has 0 aromatic rings. The number of carbonyl (C=O) groups is 1. The van der Waals surface area contributed by atoms with Gasteiger partial charge in [-0.15, -0.1) is 0 Å². The van der Waals surface area contributed by atoms with Gasteiger partial charge in [0.25, 0.3) is 0 Å². The van der Waals surface area contributed by atoms with Crippen molar-refractivity contribution in [3.8, 4) is 0 Å². The number of rotatable bonds is 14. The molecule has 0 aliphatic heterocycles. The maximum Gasteiger partial charge on any atom is 0.220 e. The number of hydrogen-bond donors (Lipinski definition) is 1. The van der Waals surface area contributed by atoms with E-state index >= 15 is 0 Å². The first kappa shape index (κ1) is 22.4. The standard InChI is InChI=1S/C18H37NO4/c1-16(2)7-10-21-12-14-23-15-13-22-11-9-19-17(20)6-8-18(3,4)5/h16H,6-15H2,1-5H3,(H,19,20). The van der Waals surface area contributed by atoms with Crippen LogP contribution in [0, 0.1) is 11.3 Å². The van der Waals surface area contributed by atoms with E-state index in [-0.39, 0.29) is 11.3 Å². The lowest BCUT2D eigenvalue weighted by atomic mass is 9.90. The molecule has 0 spiro atoms. The summed E-state index contributed by atoms with van der Waals surface area (Å²) in [6.07, 6.45) is 2.56. The highest BCUT2D eigenvalue weighted by atomic mass is 16.5. The van der Waals surface area contributed by atoms with Crippen molar-refractivity contribution in [2.45, 2.75) is 53.9 Å². The quantitative estimate of drug-likeness (QED) is 0.497. The van der Waals surface area contributed by atoms with E-state index in [4.69, 9.17) is 14.2 Å². The molecule has 0 atom stereocenters. The summed E-state index contributed by atoms with van der Waals surface area (Å²) in [7, 11) is 0. The van der Waals surface area contributed by atoms with E-state index in [9.17, 15) is 4.79 Å². The van der Waals surface area contributed by atoms with E-state index in [2.05, 4.69) is 39.9 Å². The first-order valence-corrected chi connectivity index (χ1v) is 8.81. The minimum atomic E-state index is 0.0957. The zero-order valence-corrected chi connectivity index (χ0v) is 15.8. The Labute approximate surface area is 142 Å². The fraction of sp³-hybridized carbons (Fsp3) is 0.944. The SMILES string of the molecule is CC(C)CCOCCOCCOCCNC(=O)CCC(C)(C)C. The number of amides is 1. The van der Waals surface area contributed by atoms with Gasteiger partial charge in [-0.3, -0.25) is 4.79 Å². The third kappa shape index (κ3) is 19.3. The molecule has 23 heavy (non-hydrogen) atoms. The smallest absolute Gasteiger partial charge is 0.220 e. The van der Waals surface area contributed by atoms with Gasteiger partial charge >= 0.3 is 0 Å². The highest BCUT2D eigenvalue weighted by Crippen LogP contribution is 2.19. The lowest BCUT2D eigenvalue weighted by Gasteiger charge is -2.17. The minimum Gasteiger partial charge on any atom is -0.379 e. The number of ether oxygens (including phenoxy) is 3. The van der Waals surface area contributed by atoms with Crippen molar-refractivity contribution in [2.75, 3.05) is 46.2 Å². The number of carbonyl (C=O) groups excluding carboxylic acids is 1. The van der Waals surface area contributed by atoms with Crippen LogP contribution >= 0.6 is 0 Å². The van der Waals surface area contributed by atoms with Gasteiger partial charge in [-0.1, -0.05) is 34.6 Å². The van der Waals surface area contributed by atoms with Crippen molar-refractivity contribution in [2.24, 2.45) is 11.3 Å². The van der Waals surface area contributed by atoms with E-state index < -0.39 is 0 Å². The van der Waals surface area contributed by atoms with Crippen LogP contribution in [0.15, 0.2) is 0 Å². The fourth-order valence-corrected chi connectivity index (χ4v) is 1.70. The van der Waals surface area contributed by atoms with Gasteiger partial charge < -0.3 is 19.5 Å². The molecule has 0 rings (SSSR count). The van der Waals surface area contributed by atoms with Crippen LogP contribution in [0.3, 0.4) is 0 Å². The predicted molar refractivity (Wildman–Crippen MR) is 93.6 cm³/mol. The molecule has 0 aliphatic carbocycles. The van der Waals surface area contributed by atoms with Crippen LogP contribution in [0.2, 0.25) is 0 Å². The largest absolute Gasteiger partial charge is 0.379 e. The normalized spacial score (nSPS) is 11.9. The van der Waals surface area contributed by atoms with E-state index in [1.807, 2.05) is 0 Å². The first-order chi connectivity index (χ1) is 10.8. The van der Waals surface area contributed by atoms with Crippen molar-refractivity contribution in [1.82, 2.24) is 5.32 Å². The van der Waals surface area contributed by atoms with Gasteiger partial charge in [0.05, 0.1) is 33.0 Å².